The fourth-order valence-electron chi connectivity index (χ4n) is 3.94. The summed E-state index contributed by atoms with van der Waals surface area (Å²) >= 11 is 0. The molecule has 0 saturated heterocycles. The Kier molecular flexibility index (Phi) is 11.0. The minimum atomic E-state index is -1.63. The van der Waals surface area contributed by atoms with Gasteiger partial charge in [0.1, 0.15) is 18.1 Å². The highest BCUT2D eigenvalue weighted by Gasteiger charge is 2.32. The third kappa shape index (κ3) is 9.41. The van der Waals surface area contributed by atoms with E-state index in [1.165, 1.54) is 0 Å². The predicted octanol–water partition coefficient (Wildman–Crippen LogP) is -1.03. The number of amides is 4. The van der Waals surface area contributed by atoms with Gasteiger partial charge < -0.3 is 42.6 Å². The zero-order chi connectivity index (χ0) is 29.3. The molecule has 2 aromatic rings. The van der Waals surface area contributed by atoms with E-state index in [-0.39, 0.29) is 18.8 Å². The Bertz CT molecular complexity index is 1230. The molecule has 212 valence electrons. The first-order chi connectivity index (χ1) is 18.3. The summed E-state index contributed by atoms with van der Waals surface area (Å²) in [6.45, 7) is 3.54. The van der Waals surface area contributed by atoms with Gasteiger partial charge in [0.15, 0.2) is 0 Å². The summed E-state index contributed by atoms with van der Waals surface area (Å²) in [5.41, 5.74) is 12.1. The highest BCUT2D eigenvalue weighted by Crippen LogP contribution is 2.19. The molecule has 0 spiro atoms. The molecule has 0 bridgehead atoms. The Labute approximate surface area is 223 Å². The molecule has 0 saturated carbocycles. The molecule has 39 heavy (non-hydrogen) atoms. The molecule has 1 aromatic heterocycles. The molecule has 0 radical (unpaired) electrons. The van der Waals surface area contributed by atoms with Crippen molar-refractivity contribution in [2.45, 2.75) is 63.7 Å². The second-order valence-corrected chi connectivity index (χ2v) is 9.59. The van der Waals surface area contributed by atoms with Crippen molar-refractivity contribution < 1.29 is 39.0 Å². The van der Waals surface area contributed by atoms with Gasteiger partial charge in [0.2, 0.25) is 23.6 Å². The lowest BCUT2D eigenvalue weighted by Crippen LogP contribution is -2.58. The highest BCUT2D eigenvalue weighted by molar-refractivity contribution is 5.96. The third-order valence-corrected chi connectivity index (χ3v) is 5.82. The van der Waals surface area contributed by atoms with Crippen molar-refractivity contribution in [2.24, 2.45) is 17.4 Å². The van der Waals surface area contributed by atoms with Crippen LogP contribution in [0.1, 0.15) is 38.7 Å². The maximum atomic E-state index is 13.1. The van der Waals surface area contributed by atoms with E-state index in [4.69, 9.17) is 11.5 Å². The molecule has 0 aliphatic rings. The molecular weight excluding hydrogens is 512 g/mol. The van der Waals surface area contributed by atoms with Gasteiger partial charge in [-0.15, -0.1) is 0 Å². The van der Waals surface area contributed by atoms with Crippen LogP contribution in [0, 0.1) is 5.92 Å². The number of H-pyrrole nitrogens is 1. The number of aromatic nitrogens is 1. The zero-order valence-electron chi connectivity index (χ0n) is 21.6. The molecule has 2 rings (SSSR count). The van der Waals surface area contributed by atoms with Gasteiger partial charge >= 0.3 is 11.9 Å². The van der Waals surface area contributed by atoms with Gasteiger partial charge in [-0.1, -0.05) is 32.0 Å². The second kappa shape index (κ2) is 13.9. The van der Waals surface area contributed by atoms with E-state index >= 15 is 0 Å². The van der Waals surface area contributed by atoms with Crippen LogP contribution in [0.5, 0.6) is 0 Å². The lowest BCUT2D eigenvalue weighted by atomic mass is 10.0. The van der Waals surface area contributed by atoms with Crippen molar-refractivity contribution in [3.05, 3.63) is 36.0 Å². The number of para-hydroxylation sites is 1. The number of hydrogen-bond donors (Lipinski definition) is 8. The number of benzene rings is 1. The number of nitrogens with two attached hydrogens (primary N) is 2. The summed E-state index contributed by atoms with van der Waals surface area (Å²) in [4.78, 5) is 75.8. The van der Waals surface area contributed by atoms with E-state index in [1.54, 1.807) is 26.1 Å². The Morgan fingerprint density at radius 1 is 0.872 bits per heavy atom. The number of primary amides is 1. The lowest BCUT2D eigenvalue weighted by Gasteiger charge is -2.25. The van der Waals surface area contributed by atoms with Crippen LogP contribution in [-0.4, -0.2) is 74.9 Å². The summed E-state index contributed by atoms with van der Waals surface area (Å²) in [6.07, 6.45) is 0.338. The second-order valence-electron chi connectivity index (χ2n) is 9.59. The lowest BCUT2D eigenvalue weighted by molar-refractivity contribution is -0.143. The minimum absolute atomic E-state index is 0.0388. The van der Waals surface area contributed by atoms with Crippen molar-refractivity contribution >= 4 is 46.5 Å². The van der Waals surface area contributed by atoms with Crippen molar-refractivity contribution in [1.82, 2.24) is 20.9 Å². The average Bonchev–Trinajstić information content (AvgIpc) is 3.24. The van der Waals surface area contributed by atoms with Crippen molar-refractivity contribution in [2.75, 3.05) is 0 Å². The third-order valence-electron chi connectivity index (χ3n) is 5.82. The molecule has 0 aliphatic carbocycles. The standard InChI is InChI=1S/C25H34N6O8/c1-12(2)7-17(30-24(37)18(10-21(33)34)29-22(35)15(26)9-20(27)32)23(36)31-19(25(38)39)8-13-11-28-16-6-4-3-5-14(13)16/h3-6,11-12,15,17-19,28H,7-10,26H2,1-2H3,(H2,27,32)(H,29,35)(H,30,37)(H,31,36)(H,33,34)(H,38,39). The van der Waals surface area contributed by atoms with Crippen molar-refractivity contribution in [1.29, 1.82) is 0 Å². The van der Waals surface area contributed by atoms with Gasteiger partial charge in [-0.3, -0.25) is 24.0 Å². The highest BCUT2D eigenvalue weighted by atomic mass is 16.4. The van der Waals surface area contributed by atoms with Gasteiger partial charge in [-0.25, -0.2) is 4.79 Å². The first-order valence-corrected chi connectivity index (χ1v) is 12.2. The molecule has 1 heterocycles. The quantitative estimate of drug-likeness (QED) is 0.136. The van der Waals surface area contributed by atoms with Gasteiger partial charge in [-0.05, 0) is 24.0 Å². The maximum Gasteiger partial charge on any atom is 0.326 e. The molecule has 4 atom stereocenters. The molecular formula is C25H34N6O8. The van der Waals surface area contributed by atoms with Crippen LogP contribution in [0.4, 0.5) is 0 Å². The van der Waals surface area contributed by atoms with Crippen LogP contribution >= 0.6 is 0 Å². The van der Waals surface area contributed by atoms with Crippen molar-refractivity contribution in [3.63, 3.8) is 0 Å². The maximum absolute atomic E-state index is 13.1. The number of carboxylic acid groups (broad SMARTS) is 2. The summed E-state index contributed by atoms with van der Waals surface area (Å²) in [7, 11) is 0. The summed E-state index contributed by atoms with van der Waals surface area (Å²) in [6, 6.07) is 1.66. The molecule has 4 amide bonds. The van der Waals surface area contributed by atoms with Gasteiger partial charge in [0, 0.05) is 23.5 Å². The molecule has 14 heteroatoms. The number of nitrogens with one attached hydrogen (secondary N) is 4. The number of aromatic amines is 1. The van der Waals surface area contributed by atoms with E-state index in [9.17, 15) is 39.0 Å². The topological polar surface area (TPSA) is 247 Å². The largest absolute Gasteiger partial charge is 0.481 e. The average molecular weight is 547 g/mol. The van der Waals surface area contributed by atoms with Crippen LogP contribution in [0.15, 0.2) is 30.5 Å². The normalized spacial score (nSPS) is 14.2. The molecule has 14 nitrogen and oxygen atoms in total. The van der Waals surface area contributed by atoms with E-state index in [1.807, 2.05) is 18.2 Å². The number of fused-ring (bicyclic) bond motifs is 1. The van der Waals surface area contributed by atoms with Crippen LogP contribution in [0.2, 0.25) is 0 Å². The summed E-state index contributed by atoms with van der Waals surface area (Å²) in [5, 5.41) is 26.8. The molecule has 0 fully saturated rings. The fourth-order valence-corrected chi connectivity index (χ4v) is 3.94. The molecule has 4 unspecified atom stereocenters. The number of hydrogen-bond acceptors (Lipinski definition) is 7. The van der Waals surface area contributed by atoms with Crippen LogP contribution in [0.3, 0.4) is 0 Å². The van der Waals surface area contributed by atoms with E-state index in [0.29, 0.717) is 5.56 Å². The fraction of sp³-hybridized carbons (Fsp3) is 0.440. The zero-order valence-corrected chi connectivity index (χ0v) is 21.6. The number of carbonyl (C=O) groups is 6. The molecule has 10 N–H and O–H groups in total. The van der Waals surface area contributed by atoms with E-state index in [0.717, 1.165) is 10.9 Å². The minimum Gasteiger partial charge on any atom is -0.481 e. The Morgan fingerprint density at radius 2 is 1.46 bits per heavy atom. The van der Waals surface area contributed by atoms with Gasteiger partial charge in [0.05, 0.1) is 18.9 Å². The predicted molar refractivity (Wildman–Crippen MR) is 139 cm³/mol. The van der Waals surface area contributed by atoms with Gasteiger partial charge in [0.25, 0.3) is 0 Å². The smallest absolute Gasteiger partial charge is 0.326 e. The monoisotopic (exact) mass is 546 g/mol. The van der Waals surface area contributed by atoms with Crippen LogP contribution in [-0.2, 0) is 35.2 Å². The van der Waals surface area contributed by atoms with E-state index in [2.05, 4.69) is 20.9 Å². The van der Waals surface area contributed by atoms with Crippen LogP contribution < -0.4 is 27.4 Å². The number of carboxylic acids is 2. The summed E-state index contributed by atoms with van der Waals surface area (Å²) < 4.78 is 0. The number of rotatable bonds is 15. The van der Waals surface area contributed by atoms with Crippen LogP contribution in [0.25, 0.3) is 10.9 Å². The Hall–Kier alpha value is -4.46. The Balaban J connectivity index is 2.19. The van der Waals surface area contributed by atoms with Crippen molar-refractivity contribution in [3.8, 4) is 0 Å². The Morgan fingerprint density at radius 3 is 2.05 bits per heavy atom. The molecule has 1 aromatic carbocycles. The van der Waals surface area contributed by atoms with E-state index < -0.39 is 72.6 Å². The number of aliphatic carboxylic acids is 2. The first-order valence-electron chi connectivity index (χ1n) is 12.2. The summed E-state index contributed by atoms with van der Waals surface area (Å²) in [5.74, 6) is -6.49. The SMILES string of the molecule is CC(C)CC(NC(=O)C(CC(=O)O)NC(=O)C(N)CC(N)=O)C(=O)NC(Cc1c[nH]c2ccccc12)C(=O)O. The first kappa shape index (κ1) is 30.8. The number of carbonyl (C=O) groups excluding carboxylic acids is 4. The molecule has 0 aliphatic heterocycles. The van der Waals surface area contributed by atoms with Gasteiger partial charge in [-0.2, -0.15) is 0 Å².